The van der Waals surface area contributed by atoms with Crippen LogP contribution in [0.5, 0.6) is 5.75 Å². The molecule has 2 aromatic carbocycles. The van der Waals surface area contributed by atoms with Gasteiger partial charge in [-0.05, 0) is 36.8 Å². The number of esters is 1. The van der Waals surface area contributed by atoms with Gasteiger partial charge < -0.3 is 9.47 Å². The molecule has 0 amide bonds. The van der Waals surface area contributed by atoms with Gasteiger partial charge in [0.25, 0.3) is 5.56 Å². The standard InChI is InChI=1S/C21H19N3O4/c1-15-5-4-6-16(13-15)27-12-9-20(25)28-14-19-23-18-8-3-2-7-17(18)21(26)24(19)11-10-22/h2-8,13H,9,11-12,14H2,1H3. The van der Waals surface area contributed by atoms with Crippen molar-refractivity contribution in [3.05, 3.63) is 70.3 Å². The molecule has 0 radical (unpaired) electrons. The Morgan fingerprint density at radius 3 is 2.82 bits per heavy atom. The molecule has 0 bridgehead atoms. The number of fused-ring (bicyclic) bond motifs is 1. The molecule has 1 heterocycles. The summed E-state index contributed by atoms with van der Waals surface area (Å²) < 4.78 is 12.0. The van der Waals surface area contributed by atoms with Crippen LogP contribution in [0.3, 0.4) is 0 Å². The van der Waals surface area contributed by atoms with Gasteiger partial charge in [0.1, 0.15) is 18.9 Å². The number of aryl methyl sites for hydroxylation is 1. The Labute approximate surface area is 161 Å². The molecular formula is C21H19N3O4. The summed E-state index contributed by atoms with van der Waals surface area (Å²) in [6.45, 7) is 1.78. The van der Waals surface area contributed by atoms with Gasteiger partial charge in [-0.1, -0.05) is 24.3 Å². The maximum absolute atomic E-state index is 12.6. The van der Waals surface area contributed by atoms with Crippen LogP contribution in [-0.4, -0.2) is 22.1 Å². The third-order valence-corrected chi connectivity index (χ3v) is 4.10. The van der Waals surface area contributed by atoms with Crippen molar-refractivity contribution < 1.29 is 14.3 Å². The number of para-hydroxylation sites is 1. The van der Waals surface area contributed by atoms with Crippen molar-refractivity contribution in [1.29, 1.82) is 5.26 Å². The average molecular weight is 377 g/mol. The third kappa shape index (κ3) is 4.54. The summed E-state index contributed by atoms with van der Waals surface area (Å²) in [5, 5.41) is 9.42. The summed E-state index contributed by atoms with van der Waals surface area (Å²) >= 11 is 0. The second-order valence-corrected chi connectivity index (χ2v) is 6.17. The molecule has 0 N–H and O–H groups in total. The van der Waals surface area contributed by atoms with Gasteiger partial charge in [-0.2, -0.15) is 5.26 Å². The monoisotopic (exact) mass is 377 g/mol. The van der Waals surface area contributed by atoms with E-state index in [0.717, 1.165) is 5.56 Å². The molecule has 0 aliphatic rings. The fourth-order valence-corrected chi connectivity index (χ4v) is 2.73. The van der Waals surface area contributed by atoms with Crippen molar-refractivity contribution in [2.24, 2.45) is 0 Å². The number of hydrogen-bond donors (Lipinski definition) is 0. The summed E-state index contributed by atoms with van der Waals surface area (Å²) in [6.07, 6.45) is 0.0595. The van der Waals surface area contributed by atoms with Crippen molar-refractivity contribution in [1.82, 2.24) is 9.55 Å². The SMILES string of the molecule is Cc1cccc(OCCC(=O)OCc2nc3ccccc3c(=O)n2CC#N)c1. The summed E-state index contributed by atoms with van der Waals surface area (Å²) in [6, 6.07) is 16.3. The fraction of sp³-hybridized carbons (Fsp3) is 0.238. The van der Waals surface area contributed by atoms with E-state index >= 15 is 0 Å². The lowest BCUT2D eigenvalue weighted by molar-refractivity contribution is -0.145. The van der Waals surface area contributed by atoms with Gasteiger partial charge in [-0.15, -0.1) is 0 Å². The smallest absolute Gasteiger partial charge is 0.309 e. The Bertz CT molecular complexity index is 1100. The Balaban J connectivity index is 1.64. The molecule has 3 rings (SSSR count). The van der Waals surface area contributed by atoms with E-state index in [2.05, 4.69) is 4.98 Å². The number of hydrogen-bond acceptors (Lipinski definition) is 6. The maximum Gasteiger partial charge on any atom is 0.309 e. The number of rotatable bonds is 7. The van der Waals surface area contributed by atoms with E-state index in [9.17, 15) is 9.59 Å². The fourth-order valence-electron chi connectivity index (χ4n) is 2.73. The van der Waals surface area contributed by atoms with E-state index in [1.54, 1.807) is 24.3 Å². The second kappa shape index (κ2) is 8.82. The van der Waals surface area contributed by atoms with Crippen LogP contribution in [0.25, 0.3) is 10.9 Å². The van der Waals surface area contributed by atoms with Crippen LogP contribution in [0.1, 0.15) is 17.8 Å². The Morgan fingerprint density at radius 1 is 1.21 bits per heavy atom. The predicted octanol–water partition coefficient (Wildman–Crippen LogP) is 2.74. The van der Waals surface area contributed by atoms with Gasteiger partial charge in [0.2, 0.25) is 0 Å². The lowest BCUT2D eigenvalue weighted by Gasteiger charge is -2.11. The average Bonchev–Trinajstić information content (AvgIpc) is 2.69. The van der Waals surface area contributed by atoms with Gasteiger partial charge in [-0.25, -0.2) is 4.98 Å². The first kappa shape index (κ1) is 19.1. The van der Waals surface area contributed by atoms with E-state index in [1.807, 2.05) is 37.3 Å². The van der Waals surface area contributed by atoms with Gasteiger partial charge >= 0.3 is 5.97 Å². The summed E-state index contributed by atoms with van der Waals surface area (Å²) in [7, 11) is 0. The Hall–Kier alpha value is -3.66. The van der Waals surface area contributed by atoms with Crippen LogP contribution >= 0.6 is 0 Å². The molecule has 0 aliphatic carbocycles. The molecule has 7 heteroatoms. The first-order chi connectivity index (χ1) is 13.6. The molecular weight excluding hydrogens is 358 g/mol. The molecule has 0 fully saturated rings. The van der Waals surface area contributed by atoms with Gasteiger partial charge in [0.15, 0.2) is 5.82 Å². The minimum atomic E-state index is -0.474. The lowest BCUT2D eigenvalue weighted by Crippen LogP contribution is -2.26. The van der Waals surface area contributed by atoms with Gasteiger partial charge in [0, 0.05) is 0 Å². The normalized spacial score (nSPS) is 10.4. The lowest BCUT2D eigenvalue weighted by atomic mass is 10.2. The van der Waals surface area contributed by atoms with Crippen molar-refractivity contribution >= 4 is 16.9 Å². The first-order valence-corrected chi connectivity index (χ1v) is 8.79. The molecule has 1 aromatic heterocycles. The largest absolute Gasteiger partial charge is 0.493 e. The highest BCUT2D eigenvalue weighted by Crippen LogP contribution is 2.13. The van der Waals surface area contributed by atoms with E-state index in [1.165, 1.54) is 4.57 Å². The molecule has 0 aliphatic heterocycles. The summed E-state index contributed by atoms with van der Waals surface area (Å²) in [5.41, 5.74) is 1.23. The van der Waals surface area contributed by atoms with Gasteiger partial charge in [0.05, 0.1) is 30.0 Å². The summed E-state index contributed by atoms with van der Waals surface area (Å²) in [4.78, 5) is 28.9. The Morgan fingerprint density at radius 2 is 2.04 bits per heavy atom. The van der Waals surface area contributed by atoms with E-state index < -0.39 is 5.97 Å². The molecule has 0 atom stereocenters. The molecule has 142 valence electrons. The van der Waals surface area contributed by atoms with Gasteiger partial charge in [-0.3, -0.25) is 14.2 Å². The quantitative estimate of drug-likeness (QED) is 0.588. The Kier molecular flexibility index (Phi) is 6.02. The highest BCUT2D eigenvalue weighted by molar-refractivity contribution is 5.77. The second-order valence-electron chi connectivity index (χ2n) is 6.17. The van der Waals surface area contributed by atoms with Crippen LogP contribution in [0.2, 0.25) is 0 Å². The number of aromatic nitrogens is 2. The first-order valence-electron chi connectivity index (χ1n) is 8.79. The van der Waals surface area contributed by atoms with Crippen molar-refractivity contribution in [3.8, 4) is 11.8 Å². The highest BCUT2D eigenvalue weighted by atomic mass is 16.5. The van der Waals surface area contributed by atoms with Crippen LogP contribution in [0.4, 0.5) is 0 Å². The zero-order valence-corrected chi connectivity index (χ0v) is 15.4. The molecule has 0 unspecified atom stereocenters. The number of benzene rings is 2. The number of nitrogens with zero attached hydrogens (tertiary/aromatic N) is 3. The zero-order valence-electron chi connectivity index (χ0n) is 15.4. The molecule has 0 saturated heterocycles. The third-order valence-electron chi connectivity index (χ3n) is 4.10. The number of carbonyl (C=O) groups is 1. The molecule has 0 spiro atoms. The van der Waals surface area contributed by atoms with Crippen molar-refractivity contribution in [2.75, 3.05) is 6.61 Å². The minimum absolute atomic E-state index is 0.0595. The zero-order chi connectivity index (χ0) is 19.9. The molecule has 7 nitrogen and oxygen atoms in total. The van der Waals surface area contributed by atoms with Crippen molar-refractivity contribution in [3.63, 3.8) is 0 Å². The van der Waals surface area contributed by atoms with Crippen LogP contribution < -0.4 is 10.3 Å². The van der Waals surface area contributed by atoms with E-state index in [0.29, 0.717) is 16.7 Å². The number of nitriles is 1. The number of carbonyl (C=O) groups excluding carboxylic acids is 1. The molecule has 0 saturated carbocycles. The summed E-state index contributed by atoms with van der Waals surface area (Å²) in [5.74, 6) is 0.448. The van der Waals surface area contributed by atoms with Crippen molar-refractivity contribution in [2.45, 2.75) is 26.5 Å². The van der Waals surface area contributed by atoms with Crippen LogP contribution in [0, 0.1) is 18.3 Å². The molecule has 3 aromatic rings. The number of ether oxygens (including phenoxy) is 2. The van der Waals surface area contributed by atoms with E-state index in [-0.39, 0.29) is 37.6 Å². The minimum Gasteiger partial charge on any atom is -0.493 e. The van der Waals surface area contributed by atoms with Crippen LogP contribution in [0.15, 0.2) is 53.3 Å². The maximum atomic E-state index is 12.6. The van der Waals surface area contributed by atoms with Crippen LogP contribution in [-0.2, 0) is 22.7 Å². The highest BCUT2D eigenvalue weighted by Gasteiger charge is 2.13. The molecule has 28 heavy (non-hydrogen) atoms. The predicted molar refractivity (Wildman–Crippen MR) is 103 cm³/mol. The van der Waals surface area contributed by atoms with E-state index in [4.69, 9.17) is 14.7 Å². The topological polar surface area (TPSA) is 94.2 Å².